The summed E-state index contributed by atoms with van der Waals surface area (Å²) in [6.45, 7) is 0. The monoisotopic (exact) mass is 253 g/mol. The van der Waals surface area contributed by atoms with Crippen LogP contribution in [-0.2, 0) is 16.0 Å². The first kappa shape index (κ1) is 13.8. The average molecular weight is 253 g/mol. The molecule has 96 valence electrons. The molecule has 0 radical (unpaired) electrons. The standard InChI is InChI=1S/C11H11NO6/c13-5-1-2-7-3-4-9(12(17)18)8(6-7)10(14)11(15)16/h3-6,10,14H,1-2H2,(H,15,16). The summed E-state index contributed by atoms with van der Waals surface area (Å²) >= 11 is 0. The van der Waals surface area contributed by atoms with Gasteiger partial charge in [0.05, 0.1) is 10.5 Å². The first-order valence-electron chi connectivity index (χ1n) is 5.09. The van der Waals surface area contributed by atoms with Crippen LogP contribution in [0.25, 0.3) is 0 Å². The van der Waals surface area contributed by atoms with Crippen LogP contribution in [0.4, 0.5) is 5.69 Å². The third-order valence-corrected chi connectivity index (χ3v) is 2.37. The summed E-state index contributed by atoms with van der Waals surface area (Å²) in [5, 5.41) is 28.8. The van der Waals surface area contributed by atoms with E-state index in [2.05, 4.69) is 0 Å². The van der Waals surface area contributed by atoms with Gasteiger partial charge >= 0.3 is 5.97 Å². The summed E-state index contributed by atoms with van der Waals surface area (Å²) in [6.07, 6.45) is -0.711. The number of nitro groups is 1. The molecule has 1 aromatic carbocycles. The molecule has 18 heavy (non-hydrogen) atoms. The van der Waals surface area contributed by atoms with Crippen LogP contribution in [0.15, 0.2) is 18.2 Å². The maximum Gasteiger partial charge on any atom is 0.337 e. The van der Waals surface area contributed by atoms with E-state index in [0.717, 1.165) is 6.07 Å². The molecule has 0 aromatic heterocycles. The van der Waals surface area contributed by atoms with E-state index in [1.54, 1.807) is 0 Å². The van der Waals surface area contributed by atoms with Crippen LogP contribution in [0.2, 0.25) is 0 Å². The van der Waals surface area contributed by atoms with Crippen molar-refractivity contribution in [3.63, 3.8) is 0 Å². The van der Waals surface area contributed by atoms with Crippen molar-refractivity contribution in [2.45, 2.75) is 18.9 Å². The van der Waals surface area contributed by atoms with E-state index in [1.165, 1.54) is 12.1 Å². The molecule has 0 aliphatic carbocycles. The fraction of sp³-hybridized carbons (Fsp3) is 0.273. The molecule has 0 aliphatic heterocycles. The number of carbonyl (C=O) groups is 2. The molecule has 0 bridgehead atoms. The van der Waals surface area contributed by atoms with Gasteiger partial charge in [0.1, 0.15) is 6.29 Å². The van der Waals surface area contributed by atoms with Crippen LogP contribution >= 0.6 is 0 Å². The van der Waals surface area contributed by atoms with Crippen molar-refractivity contribution in [3.05, 3.63) is 39.4 Å². The van der Waals surface area contributed by atoms with Crippen molar-refractivity contribution in [1.29, 1.82) is 0 Å². The van der Waals surface area contributed by atoms with Gasteiger partial charge in [-0.15, -0.1) is 0 Å². The van der Waals surface area contributed by atoms with Crippen molar-refractivity contribution in [3.8, 4) is 0 Å². The molecule has 1 aromatic rings. The van der Waals surface area contributed by atoms with Crippen molar-refractivity contribution < 1.29 is 24.7 Å². The Morgan fingerprint density at radius 1 is 1.50 bits per heavy atom. The second-order valence-electron chi connectivity index (χ2n) is 3.60. The first-order valence-corrected chi connectivity index (χ1v) is 5.09. The average Bonchev–Trinajstić information content (AvgIpc) is 2.34. The molecule has 0 saturated heterocycles. The molecule has 0 heterocycles. The third-order valence-electron chi connectivity index (χ3n) is 2.37. The third kappa shape index (κ3) is 3.11. The number of aliphatic hydroxyl groups excluding tert-OH is 1. The number of carboxylic acids is 1. The van der Waals surface area contributed by atoms with Gasteiger partial charge in [0.2, 0.25) is 0 Å². The minimum absolute atomic E-state index is 0.223. The molecule has 1 unspecified atom stereocenters. The van der Waals surface area contributed by atoms with E-state index in [9.17, 15) is 24.8 Å². The zero-order valence-corrected chi connectivity index (χ0v) is 9.28. The molecule has 2 N–H and O–H groups in total. The van der Waals surface area contributed by atoms with Crippen LogP contribution in [-0.4, -0.2) is 27.4 Å². The Kier molecular flexibility index (Phi) is 4.50. The van der Waals surface area contributed by atoms with Gasteiger partial charge in [-0.1, -0.05) is 6.07 Å². The number of nitro benzene ring substituents is 1. The zero-order chi connectivity index (χ0) is 13.7. The van der Waals surface area contributed by atoms with Crippen LogP contribution in [0.1, 0.15) is 23.7 Å². The highest BCUT2D eigenvalue weighted by atomic mass is 16.6. The van der Waals surface area contributed by atoms with Crippen molar-refractivity contribution in [2.75, 3.05) is 0 Å². The summed E-state index contributed by atoms with van der Waals surface area (Å²) in [6, 6.07) is 3.79. The molecule has 1 rings (SSSR count). The maximum atomic E-state index is 10.7. The predicted molar refractivity (Wildman–Crippen MR) is 60.1 cm³/mol. The molecule has 0 amide bonds. The highest BCUT2D eigenvalue weighted by molar-refractivity contribution is 5.76. The number of carbonyl (C=O) groups excluding carboxylic acids is 1. The van der Waals surface area contributed by atoms with Gasteiger partial charge in [-0.05, 0) is 18.1 Å². The number of aldehydes is 1. The molecular weight excluding hydrogens is 242 g/mol. The quantitative estimate of drug-likeness (QED) is 0.440. The highest BCUT2D eigenvalue weighted by Crippen LogP contribution is 2.27. The fourth-order valence-corrected chi connectivity index (χ4v) is 1.50. The molecule has 1 atom stereocenters. The lowest BCUT2D eigenvalue weighted by atomic mass is 10.0. The van der Waals surface area contributed by atoms with E-state index in [0.29, 0.717) is 18.3 Å². The van der Waals surface area contributed by atoms with Gasteiger partial charge in [-0.25, -0.2) is 4.79 Å². The molecule has 7 nitrogen and oxygen atoms in total. The van der Waals surface area contributed by atoms with Crippen molar-refractivity contribution in [2.24, 2.45) is 0 Å². The summed E-state index contributed by atoms with van der Waals surface area (Å²) < 4.78 is 0. The Morgan fingerprint density at radius 3 is 2.67 bits per heavy atom. The largest absolute Gasteiger partial charge is 0.479 e. The highest BCUT2D eigenvalue weighted by Gasteiger charge is 2.25. The number of aliphatic hydroxyl groups is 1. The summed E-state index contributed by atoms with van der Waals surface area (Å²) in [5.41, 5.74) is -0.182. The second kappa shape index (κ2) is 5.87. The van der Waals surface area contributed by atoms with Gasteiger partial charge in [0.15, 0.2) is 6.10 Å². The number of hydrogen-bond donors (Lipinski definition) is 2. The van der Waals surface area contributed by atoms with Gasteiger partial charge in [-0.3, -0.25) is 10.1 Å². The zero-order valence-electron chi connectivity index (χ0n) is 9.28. The molecule has 0 spiro atoms. The minimum Gasteiger partial charge on any atom is -0.479 e. The maximum absolute atomic E-state index is 10.7. The Morgan fingerprint density at radius 2 is 2.17 bits per heavy atom. The Labute approximate surface area is 102 Å². The van der Waals surface area contributed by atoms with E-state index in [1.807, 2.05) is 0 Å². The van der Waals surface area contributed by atoms with Crippen molar-refractivity contribution >= 4 is 17.9 Å². The number of rotatable bonds is 6. The summed E-state index contributed by atoms with van der Waals surface area (Å²) in [4.78, 5) is 30.9. The number of hydrogen-bond acceptors (Lipinski definition) is 5. The number of carboxylic acid groups (broad SMARTS) is 1. The Hall–Kier alpha value is -2.28. The fourth-order valence-electron chi connectivity index (χ4n) is 1.50. The second-order valence-corrected chi connectivity index (χ2v) is 3.60. The van der Waals surface area contributed by atoms with E-state index >= 15 is 0 Å². The molecule has 7 heteroatoms. The Balaban J connectivity index is 3.19. The van der Waals surface area contributed by atoms with Crippen molar-refractivity contribution in [1.82, 2.24) is 0 Å². The van der Waals surface area contributed by atoms with Gasteiger partial charge in [0, 0.05) is 12.5 Å². The topological polar surface area (TPSA) is 118 Å². The number of aliphatic carboxylic acids is 1. The molecule has 0 saturated carbocycles. The Bertz CT molecular complexity index is 484. The lowest BCUT2D eigenvalue weighted by Gasteiger charge is -2.08. The normalized spacial score (nSPS) is 11.8. The minimum atomic E-state index is -1.96. The van der Waals surface area contributed by atoms with E-state index in [4.69, 9.17) is 5.11 Å². The lowest BCUT2D eigenvalue weighted by Crippen LogP contribution is -2.13. The van der Waals surface area contributed by atoms with Gasteiger partial charge in [-0.2, -0.15) is 0 Å². The first-order chi connectivity index (χ1) is 8.47. The van der Waals surface area contributed by atoms with Gasteiger partial charge in [0.25, 0.3) is 5.69 Å². The van der Waals surface area contributed by atoms with Crippen LogP contribution < -0.4 is 0 Å². The molecule has 0 fully saturated rings. The SMILES string of the molecule is O=CCCc1ccc([N+](=O)[O-])c(C(O)C(=O)O)c1. The van der Waals surface area contributed by atoms with Crippen LogP contribution in [0, 0.1) is 10.1 Å². The number of nitrogens with zero attached hydrogens (tertiary/aromatic N) is 1. The number of aryl methyl sites for hydroxylation is 1. The molecular formula is C11H11NO6. The summed E-state index contributed by atoms with van der Waals surface area (Å²) in [5.74, 6) is -1.56. The van der Waals surface area contributed by atoms with Gasteiger partial charge < -0.3 is 15.0 Å². The van der Waals surface area contributed by atoms with Crippen LogP contribution in [0.3, 0.4) is 0 Å². The number of benzene rings is 1. The predicted octanol–water partition coefficient (Wildman–Crippen LogP) is 0.844. The van der Waals surface area contributed by atoms with E-state index in [-0.39, 0.29) is 12.0 Å². The van der Waals surface area contributed by atoms with Crippen LogP contribution in [0.5, 0.6) is 0 Å². The molecule has 0 aliphatic rings. The summed E-state index contributed by atoms with van der Waals surface area (Å²) in [7, 11) is 0. The van der Waals surface area contributed by atoms with E-state index < -0.39 is 22.7 Å². The lowest BCUT2D eigenvalue weighted by molar-refractivity contribution is -0.386. The smallest absolute Gasteiger partial charge is 0.337 e.